The molecule has 1 fully saturated rings. The number of aryl methyl sites for hydroxylation is 2. The van der Waals surface area contributed by atoms with Gasteiger partial charge in [0.15, 0.2) is 11.5 Å². The van der Waals surface area contributed by atoms with Crippen LogP contribution in [-0.2, 0) is 13.0 Å². The molecule has 3 atom stereocenters. The number of aromatic amines is 4. The molecule has 0 bridgehead atoms. The normalized spacial score (nSPS) is 19.9. The molecule has 1 aliphatic carbocycles. The number of hydrogen-bond donors (Lipinski definition) is 4. The van der Waals surface area contributed by atoms with E-state index in [4.69, 9.17) is 0 Å². The van der Waals surface area contributed by atoms with Crippen molar-refractivity contribution < 1.29 is 0 Å². The predicted molar refractivity (Wildman–Crippen MR) is 96.6 cm³/mol. The highest BCUT2D eigenvalue weighted by Crippen LogP contribution is 2.50. The van der Waals surface area contributed by atoms with Crippen molar-refractivity contribution >= 4 is 11.2 Å². The molecule has 4 heterocycles. The van der Waals surface area contributed by atoms with Crippen LogP contribution < -0.4 is 11.2 Å². The van der Waals surface area contributed by atoms with E-state index >= 15 is 0 Å². The zero-order valence-corrected chi connectivity index (χ0v) is 15.0. The first-order valence-electron chi connectivity index (χ1n) is 9.05. The largest absolute Gasteiger partial charge is 0.336 e. The summed E-state index contributed by atoms with van der Waals surface area (Å²) in [6.45, 7) is 2.81. The van der Waals surface area contributed by atoms with E-state index in [0.29, 0.717) is 36.5 Å². The number of imidazole rings is 1. The van der Waals surface area contributed by atoms with E-state index in [0.717, 1.165) is 12.0 Å². The average Bonchev–Trinajstić information content (AvgIpc) is 3.13. The molecule has 12 heteroatoms. The molecular weight excluding hydrogens is 364 g/mol. The minimum absolute atomic E-state index is 0.0239. The van der Waals surface area contributed by atoms with Gasteiger partial charge in [-0.1, -0.05) is 12.1 Å². The number of aromatic nitrogens is 10. The fourth-order valence-electron chi connectivity index (χ4n) is 3.69. The third-order valence-electron chi connectivity index (χ3n) is 5.27. The number of H-pyrrole nitrogens is 4. The molecule has 0 spiro atoms. The second kappa shape index (κ2) is 6.25. The van der Waals surface area contributed by atoms with Crippen LogP contribution in [-0.4, -0.2) is 50.3 Å². The highest BCUT2D eigenvalue weighted by Gasteiger charge is 2.43. The van der Waals surface area contributed by atoms with Crippen molar-refractivity contribution in [2.75, 3.05) is 0 Å². The molecule has 1 saturated carbocycles. The van der Waals surface area contributed by atoms with Gasteiger partial charge in [-0.3, -0.25) is 19.4 Å². The van der Waals surface area contributed by atoms with Crippen LogP contribution in [0, 0.1) is 11.8 Å². The van der Waals surface area contributed by atoms with Crippen molar-refractivity contribution in [3.8, 4) is 0 Å². The molecule has 3 unspecified atom stereocenters. The van der Waals surface area contributed by atoms with E-state index < -0.39 is 11.2 Å². The fourth-order valence-corrected chi connectivity index (χ4v) is 3.69. The summed E-state index contributed by atoms with van der Waals surface area (Å²) < 4.78 is 1.84. The Kier molecular flexibility index (Phi) is 3.70. The summed E-state index contributed by atoms with van der Waals surface area (Å²) in [7, 11) is 0. The van der Waals surface area contributed by atoms with Crippen molar-refractivity contribution in [3.05, 3.63) is 50.4 Å². The Hall–Kier alpha value is -3.57. The van der Waals surface area contributed by atoms with Crippen LogP contribution in [0.15, 0.2) is 22.0 Å². The highest BCUT2D eigenvalue weighted by atomic mass is 16.2. The SMILES string of the molecule is CC1CC1C(c1cnn(CCc2nn[nH]n2)c1)c1nc2[nH]c(=O)[nH]c(=O)c2[nH]1. The third-order valence-corrected chi connectivity index (χ3v) is 5.27. The van der Waals surface area contributed by atoms with Crippen LogP contribution in [0.25, 0.3) is 11.2 Å². The molecule has 28 heavy (non-hydrogen) atoms. The zero-order chi connectivity index (χ0) is 19.3. The maximum absolute atomic E-state index is 12.0. The number of hydrogen-bond acceptors (Lipinski definition) is 7. The van der Waals surface area contributed by atoms with E-state index in [1.54, 1.807) is 0 Å². The summed E-state index contributed by atoms with van der Waals surface area (Å²) >= 11 is 0. The van der Waals surface area contributed by atoms with Crippen LogP contribution in [0.2, 0.25) is 0 Å². The Balaban J connectivity index is 1.47. The zero-order valence-electron chi connectivity index (χ0n) is 15.0. The van der Waals surface area contributed by atoms with E-state index in [9.17, 15) is 9.59 Å². The summed E-state index contributed by atoms with van der Waals surface area (Å²) in [6, 6.07) is 0. The Bertz CT molecular complexity index is 1230. The van der Waals surface area contributed by atoms with Gasteiger partial charge in [0, 0.05) is 30.6 Å². The van der Waals surface area contributed by atoms with Crippen LogP contribution in [0.5, 0.6) is 0 Å². The molecule has 0 saturated heterocycles. The lowest BCUT2D eigenvalue weighted by atomic mass is 9.95. The van der Waals surface area contributed by atoms with E-state index in [-0.39, 0.29) is 17.1 Å². The van der Waals surface area contributed by atoms with Crippen molar-refractivity contribution in [3.63, 3.8) is 0 Å². The maximum Gasteiger partial charge on any atom is 0.327 e. The first-order chi connectivity index (χ1) is 13.6. The minimum Gasteiger partial charge on any atom is -0.336 e. The number of fused-ring (bicyclic) bond motifs is 1. The molecule has 5 rings (SSSR count). The number of rotatable bonds is 6. The topological polar surface area (TPSA) is 167 Å². The second-order valence-electron chi connectivity index (χ2n) is 7.22. The summed E-state index contributed by atoms with van der Waals surface area (Å²) in [5, 5.41) is 18.3. The van der Waals surface area contributed by atoms with Crippen molar-refractivity contribution in [1.82, 2.24) is 50.3 Å². The monoisotopic (exact) mass is 382 g/mol. The molecular formula is C16H18N10O2. The molecule has 4 N–H and O–H groups in total. The van der Waals surface area contributed by atoms with Gasteiger partial charge in [-0.2, -0.15) is 10.3 Å². The van der Waals surface area contributed by atoms with Crippen LogP contribution in [0.4, 0.5) is 0 Å². The predicted octanol–water partition coefficient (Wildman–Crippen LogP) is -0.320. The molecule has 0 aliphatic heterocycles. The third kappa shape index (κ3) is 2.92. The standard InChI is InChI=1S/C16H18N10O2/c1-7-4-9(7)11(13-18-12-14(19-13)20-16(28)21-15(12)27)8-5-17-26(6-8)3-2-10-22-24-25-23-10/h5-7,9,11H,2-4H2,1H3,(H,22,23,24,25)(H3,18,19,20,21,27,28). The molecule has 144 valence electrons. The summed E-state index contributed by atoms with van der Waals surface area (Å²) in [6.07, 6.45) is 5.49. The lowest BCUT2D eigenvalue weighted by Crippen LogP contribution is -2.21. The number of tetrazole rings is 1. The van der Waals surface area contributed by atoms with E-state index in [2.05, 4.69) is 52.6 Å². The molecule has 0 radical (unpaired) electrons. The molecule has 0 aromatic carbocycles. The lowest BCUT2D eigenvalue weighted by molar-refractivity contribution is 0.595. The smallest absolute Gasteiger partial charge is 0.327 e. The van der Waals surface area contributed by atoms with Gasteiger partial charge in [0.25, 0.3) is 5.56 Å². The Morgan fingerprint density at radius 1 is 1.29 bits per heavy atom. The van der Waals surface area contributed by atoms with Crippen molar-refractivity contribution in [2.45, 2.75) is 32.2 Å². The second-order valence-corrected chi connectivity index (χ2v) is 7.22. The van der Waals surface area contributed by atoms with Gasteiger partial charge in [0.1, 0.15) is 11.3 Å². The fraction of sp³-hybridized carbons (Fsp3) is 0.438. The van der Waals surface area contributed by atoms with Gasteiger partial charge in [-0.15, -0.1) is 10.2 Å². The van der Waals surface area contributed by atoms with E-state index in [1.807, 2.05) is 17.1 Å². The van der Waals surface area contributed by atoms with E-state index in [1.165, 1.54) is 0 Å². The lowest BCUT2D eigenvalue weighted by Gasteiger charge is -2.12. The maximum atomic E-state index is 12.0. The molecule has 1 aliphatic rings. The van der Waals surface area contributed by atoms with Crippen LogP contribution in [0.3, 0.4) is 0 Å². The first-order valence-corrected chi connectivity index (χ1v) is 9.05. The van der Waals surface area contributed by atoms with Gasteiger partial charge in [-0.05, 0) is 18.3 Å². The Morgan fingerprint density at radius 3 is 2.89 bits per heavy atom. The van der Waals surface area contributed by atoms with Crippen LogP contribution >= 0.6 is 0 Å². The molecule has 0 amide bonds. The highest BCUT2D eigenvalue weighted by molar-refractivity contribution is 5.69. The number of nitrogens with one attached hydrogen (secondary N) is 4. The van der Waals surface area contributed by atoms with Gasteiger partial charge < -0.3 is 4.98 Å². The Labute approximate surface area is 156 Å². The van der Waals surface area contributed by atoms with Gasteiger partial charge in [0.05, 0.1) is 6.20 Å². The molecule has 12 nitrogen and oxygen atoms in total. The average molecular weight is 382 g/mol. The quantitative estimate of drug-likeness (QED) is 0.354. The summed E-state index contributed by atoms with van der Waals surface area (Å²) in [4.78, 5) is 36.0. The van der Waals surface area contributed by atoms with Gasteiger partial charge >= 0.3 is 5.69 Å². The summed E-state index contributed by atoms with van der Waals surface area (Å²) in [5.74, 6) is 2.22. The van der Waals surface area contributed by atoms with Crippen LogP contribution in [0.1, 0.15) is 36.5 Å². The summed E-state index contributed by atoms with van der Waals surface area (Å²) in [5.41, 5.74) is 0.515. The molecule has 4 aromatic heterocycles. The van der Waals surface area contributed by atoms with Crippen molar-refractivity contribution in [1.29, 1.82) is 0 Å². The number of nitrogens with zero attached hydrogens (tertiary/aromatic N) is 6. The van der Waals surface area contributed by atoms with Crippen molar-refractivity contribution in [2.24, 2.45) is 11.8 Å². The van der Waals surface area contributed by atoms with Gasteiger partial charge in [0.2, 0.25) is 0 Å². The van der Waals surface area contributed by atoms with Gasteiger partial charge in [-0.25, -0.2) is 9.78 Å². The minimum atomic E-state index is -0.568. The molecule has 4 aromatic rings. The first kappa shape index (κ1) is 16.6. The Morgan fingerprint density at radius 2 is 2.14 bits per heavy atom.